The number of aromatic nitrogens is 2. The van der Waals surface area contributed by atoms with Crippen LogP contribution in [-0.2, 0) is 11.3 Å². The molecule has 2 aromatic rings. The Kier molecular flexibility index (Phi) is 5.66. The van der Waals surface area contributed by atoms with Gasteiger partial charge in [-0.05, 0) is 32.9 Å². The highest BCUT2D eigenvalue weighted by Gasteiger charge is 2.23. The molecular formula is C19H28N4O. The van der Waals surface area contributed by atoms with E-state index in [1.807, 2.05) is 12.3 Å². The molecule has 1 aromatic heterocycles. The van der Waals surface area contributed by atoms with Gasteiger partial charge in [-0.2, -0.15) is 0 Å². The summed E-state index contributed by atoms with van der Waals surface area (Å²) >= 11 is 0. The minimum absolute atomic E-state index is 0.493. The van der Waals surface area contributed by atoms with Gasteiger partial charge in [-0.3, -0.25) is 9.47 Å². The van der Waals surface area contributed by atoms with Crippen molar-refractivity contribution in [3.8, 4) is 5.69 Å². The van der Waals surface area contributed by atoms with Crippen LogP contribution in [0.25, 0.3) is 5.69 Å². The van der Waals surface area contributed by atoms with Crippen molar-refractivity contribution in [1.29, 1.82) is 0 Å². The lowest BCUT2D eigenvalue weighted by Gasteiger charge is -2.38. The van der Waals surface area contributed by atoms with Gasteiger partial charge in [0.15, 0.2) is 0 Å². The Balaban J connectivity index is 1.59. The van der Waals surface area contributed by atoms with Gasteiger partial charge < -0.3 is 10.1 Å². The van der Waals surface area contributed by atoms with Gasteiger partial charge in [-0.15, -0.1) is 0 Å². The van der Waals surface area contributed by atoms with E-state index in [9.17, 15) is 0 Å². The maximum Gasteiger partial charge on any atom is 0.110 e. The zero-order valence-electron chi connectivity index (χ0n) is 14.9. The normalized spacial score (nSPS) is 20.2. The molecule has 1 aliphatic rings. The molecule has 0 unspecified atom stereocenters. The quantitative estimate of drug-likeness (QED) is 0.884. The van der Waals surface area contributed by atoms with Crippen LogP contribution in [0.15, 0.2) is 36.5 Å². The maximum absolute atomic E-state index is 5.53. The Bertz CT molecular complexity index is 640. The summed E-state index contributed by atoms with van der Waals surface area (Å²) in [4.78, 5) is 7.01. The molecule has 0 bridgehead atoms. The van der Waals surface area contributed by atoms with Gasteiger partial charge in [0, 0.05) is 37.4 Å². The van der Waals surface area contributed by atoms with Crippen molar-refractivity contribution in [2.24, 2.45) is 0 Å². The number of imidazole rings is 1. The molecule has 5 heteroatoms. The smallest absolute Gasteiger partial charge is 0.110 e. The van der Waals surface area contributed by atoms with Crippen LogP contribution < -0.4 is 5.32 Å². The minimum atomic E-state index is 0.493. The lowest BCUT2D eigenvalue weighted by molar-refractivity contribution is -0.0181. The molecule has 0 aliphatic carbocycles. The first-order chi connectivity index (χ1) is 11.7. The van der Waals surface area contributed by atoms with E-state index < -0.39 is 0 Å². The number of hydrogen-bond donors (Lipinski definition) is 1. The van der Waals surface area contributed by atoms with E-state index in [0.29, 0.717) is 12.1 Å². The van der Waals surface area contributed by atoms with Gasteiger partial charge in [0.05, 0.1) is 25.1 Å². The summed E-state index contributed by atoms with van der Waals surface area (Å²) in [6.45, 7) is 11.1. The molecule has 0 saturated carbocycles. The Morgan fingerprint density at radius 1 is 1.33 bits per heavy atom. The van der Waals surface area contributed by atoms with E-state index in [4.69, 9.17) is 4.74 Å². The lowest BCUT2D eigenvalue weighted by atomic mass is 10.2. The average molecular weight is 328 g/mol. The number of para-hydroxylation sites is 1. The first-order valence-electron chi connectivity index (χ1n) is 8.79. The molecule has 1 aromatic carbocycles. The Labute approximate surface area is 144 Å². The predicted molar refractivity (Wildman–Crippen MR) is 96.5 cm³/mol. The van der Waals surface area contributed by atoms with Crippen molar-refractivity contribution >= 4 is 0 Å². The number of morpholine rings is 1. The second-order valence-corrected chi connectivity index (χ2v) is 6.61. The first kappa shape index (κ1) is 17.1. The van der Waals surface area contributed by atoms with Crippen LogP contribution >= 0.6 is 0 Å². The molecule has 0 radical (unpaired) electrons. The highest BCUT2D eigenvalue weighted by Crippen LogP contribution is 2.15. The van der Waals surface area contributed by atoms with Crippen LogP contribution in [0.4, 0.5) is 0 Å². The largest absolute Gasteiger partial charge is 0.379 e. The molecule has 1 aliphatic heterocycles. The van der Waals surface area contributed by atoms with Crippen LogP contribution in [0, 0.1) is 6.92 Å². The summed E-state index contributed by atoms with van der Waals surface area (Å²) in [7, 11) is 0. The molecule has 0 spiro atoms. The summed E-state index contributed by atoms with van der Waals surface area (Å²) in [6, 6.07) is 11.4. The minimum Gasteiger partial charge on any atom is -0.379 e. The van der Waals surface area contributed by atoms with Crippen LogP contribution in [0.1, 0.15) is 25.4 Å². The van der Waals surface area contributed by atoms with E-state index in [2.05, 4.69) is 64.8 Å². The molecule has 5 nitrogen and oxygen atoms in total. The van der Waals surface area contributed by atoms with Crippen molar-refractivity contribution in [3.05, 3.63) is 48.0 Å². The predicted octanol–water partition coefficient (Wildman–Crippen LogP) is 2.38. The molecule has 3 rings (SSSR count). The fourth-order valence-corrected chi connectivity index (χ4v) is 3.47. The first-order valence-corrected chi connectivity index (χ1v) is 8.79. The van der Waals surface area contributed by atoms with Gasteiger partial charge in [0.1, 0.15) is 5.82 Å². The molecule has 2 atom stereocenters. The average Bonchev–Trinajstić information content (AvgIpc) is 2.96. The number of hydrogen-bond acceptors (Lipinski definition) is 4. The number of nitrogens with one attached hydrogen (secondary N) is 1. The lowest BCUT2D eigenvalue weighted by Crippen LogP contribution is -2.51. The van der Waals surface area contributed by atoms with E-state index in [1.165, 1.54) is 11.4 Å². The number of ether oxygens (including phenoxy) is 1. The molecule has 1 fully saturated rings. The van der Waals surface area contributed by atoms with Crippen molar-refractivity contribution in [2.45, 2.75) is 39.4 Å². The van der Waals surface area contributed by atoms with E-state index in [-0.39, 0.29) is 0 Å². The van der Waals surface area contributed by atoms with Crippen molar-refractivity contribution in [1.82, 2.24) is 19.8 Å². The van der Waals surface area contributed by atoms with Crippen LogP contribution in [-0.4, -0.2) is 52.8 Å². The topological polar surface area (TPSA) is 42.3 Å². The van der Waals surface area contributed by atoms with Gasteiger partial charge in [-0.25, -0.2) is 4.98 Å². The standard InChI is InChI=1S/C19H28N4O/c1-15(22-9-10-24-14-16(22)2)11-20-12-19-13-21-17(3)23(19)18-7-5-4-6-8-18/h4-8,13,15-16,20H,9-12,14H2,1-3H3/t15-,16+/m0/s1. The molecular weight excluding hydrogens is 300 g/mol. The van der Waals surface area contributed by atoms with E-state index >= 15 is 0 Å². The van der Waals surface area contributed by atoms with Crippen molar-refractivity contribution in [2.75, 3.05) is 26.3 Å². The van der Waals surface area contributed by atoms with Crippen molar-refractivity contribution in [3.63, 3.8) is 0 Å². The summed E-state index contributed by atoms with van der Waals surface area (Å²) < 4.78 is 7.75. The number of nitrogens with zero attached hydrogens (tertiary/aromatic N) is 3. The fourth-order valence-electron chi connectivity index (χ4n) is 3.47. The summed E-state index contributed by atoms with van der Waals surface area (Å²) in [5.74, 6) is 1.02. The number of rotatable bonds is 6. The highest BCUT2D eigenvalue weighted by atomic mass is 16.5. The maximum atomic E-state index is 5.53. The third kappa shape index (κ3) is 3.86. The second kappa shape index (κ2) is 7.92. The van der Waals surface area contributed by atoms with Gasteiger partial charge in [-0.1, -0.05) is 18.2 Å². The number of aryl methyl sites for hydroxylation is 1. The van der Waals surface area contributed by atoms with Crippen LogP contribution in [0.5, 0.6) is 0 Å². The monoisotopic (exact) mass is 328 g/mol. The zero-order chi connectivity index (χ0) is 16.9. The van der Waals surface area contributed by atoms with E-state index in [0.717, 1.165) is 38.7 Å². The molecule has 24 heavy (non-hydrogen) atoms. The third-order valence-electron chi connectivity index (χ3n) is 4.76. The second-order valence-electron chi connectivity index (χ2n) is 6.61. The van der Waals surface area contributed by atoms with Gasteiger partial charge in [0.25, 0.3) is 0 Å². The van der Waals surface area contributed by atoms with Crippen LogP contribution in [0.3, 0.4) is 0 Å². The van der Waals surface area contributed by atoms with Gasteiger partial charge >= 0.3 is 0 Å². The highest BCUT2D eigenvalue weighted by molar-refractivity contribution is 5.35. The van der Waals surface area contributed by atoms with Crippen molar-refractivity contribution < 1.29 is 4.74 Å². The van der Waals surface area contributed by atoms with E-state index in [1.54, 1.807) is 0 Å². The Morgan fingerprint density at radius 3 is 2.88 bits per heavy atom. The third-order valence-corrected chi connectivity index (χ3v) is 4.76. The molecule has 130 valence electrons. The zero-order valence-corrected chi connectivity index (χ0v) is 14.9. The molecule has 2 heterocycles. The summed E-state index contributed by atoms with van der Waals surface area (Å²) in [5.41, 5.74) is 2.36. The Morgan fingerprint density at radius 2 is 2.12 bits per heavy atom. The molecule has 0 amide bonds. The SMILES string of the molecule is Cc1ncc(CNC[C@H](C)N2CCOC[C@H]2C)n1-c1ccccc1. The Hall–Kier alpha value is -1.69. The molecule has 1 N–H and O–H groups in total. The van der Waals surface area contributed by atoms with Gasteiger partial charge in [0.2, 0.25) is 0 Å². The van der Waals surface area contributed by atoms with Crippen LogP contribution in [0.2, 0.25) is 0 Å². The molecule has 1 saturated heterocycles. The fraction of sp³-hybridized carbons (Fsp3) is 0.526. The number of benzene rings is 1. The summed E-state index contributed by atoms with van der Waals surface area (Å²) in [5, 5.41) is 3.60. The summed E-state index contributed by atoms with van der Waals surface area (Å²) in [6.07, 6.45) is 1.97.